The van der Waals surface area contributed by atoms with Gasteiger partial charge in [-0.15, -0.1) is 0 Å². The van der Waals surface area contributed by atoms with Gasteiger partial charge in [-0.1, -0.05) is 24.8 Å². The zero-order valence-electron chi connectivity index (χ0n) is 14.1. The van der Waals surface area contributed by atoms with Gasteiger partial charge >= 0.3 is 5.97 Å². The predicted molar refractivity (Wildman–Crippen MR) is 103 cm³/mol. The Balaban J connectivity index is 1.79. The molecule has 0 aliphatic carbocycles. The number of esters is 1. The molecule has 0 aliphatic rings. The van der Waals surface area contributed by atoms with Crippen molar-refractivity contribution in [2.45, 2.75) is 0 Å². The highest BCUT2D eigenvalue weighted by molar-refractivity contribution is 9.10. The van der Waals surface area contributed by atoms with Gasteiger partial charge in [-0.25, -0.2) is 4.79 Å². The van der Waals surface area contributed by atoms with Crippen LogP contribution in [-0.2, 0) is 9.53 Å². The zero-order chi connectivity index (χ0) is 19.2. The van der Waals surface area contributed by atoms with Crippen molar-refractivity contribution >= 4 is 32.9 Å². The molecule has 0 aliphatic heterocycles. The first kappa shape index (κ1) is 18.7. The van der Waals surface area contributed by atoms with Gasteiger partial charge in [0.05, 0.1) is 9.86 Å². The SMILES string of the molecule is C=CCOC(=O)COc1ccc2c(=O)c(Oc3ccccc3Br)coc2c1. The molecular weight excluding hydrogens is 416 g/mol. The van der Waals surface area contributed by atoms with Crippen LogP contribution in [0.5, 0.6) is 17.2 Å². The first-order chi connectivity index (χ1) is 13.1. The average molecular weight is 431 g/mol. The van der Waals surface area contributed by atoms with Crippen LogP contribution in [-0.4, -0.2) is 19.2 Å². The Morgan fingerprint density at radius 1 is 1.19 bits per heavy atom. The number of hydrogen-bond donors (Lipinski definition) is 0. The molecule has 0 radical (unpaired) electrons. The van der Waals surface area contributed by atoms with Gasteiger partial charge in [0.2, 0.25) is 11.2 Å². The Morgan fingerprint density at radius 3 is 2.78 bits per heavy atom. The topological polar surface area (TPSA) is 75.0 Å². The van der Waals surface area contributed by atoms with Crippen LogP contribution in [0.1, 0.15) is 0 Å². The van der Waals surface area contributed by atoms with Gasteiger partial charge in [0.25, 0.3) is 0 Å². The van der Waals surface area contributed by atoms with Crippen LogP contribution in [0.25, 0.3) is 11.0 Å². The standard InChI is InChI=1S/C20H15BrO6/c1-2-9-24-19(22)12-25-13-7-8-14-17(10-13)26-11-18(20(14)23)27-16-6-4-3-5-15(16)21/h2-8,10-11H,1,9,12H2. The van der Waals surface area contributed by atoms with E-state index in [4.69, 9.17) is 18.6 Å². The van der Waals surface area contributed by atoms with E-state index in [-0.39, 0.29) is 24.4 Å². The monoisotopic (exact) mass is 430 g/mol. The van der Waals surface area contributed by atoms with E-state index in [9.17, 15) is 9.59 Å². The molecule has 3 rings (SSSR count). The molecule has 0 saturated carbocycles. The number of ether oxygens (including phenoxy) is 3. The molecule has 1 aromatic heterocycles. The van der Waals surface area contributed by atoms with Gasteiger partial charge < -0.3 is 18.6 Å². The van der Waals surface area contributed by atoms with E-state index in [2.05, 4.69) is 22.5 Å². The maximum atomic E-state index is 12.6. The Labute approximate surface area is 163 Å². The minimum Gasteiger partial charge on any atom is -0.482 e. The third kappa shape index (κ3) is 4.57. The van der Waals surface area contributed by atoms with Gasteiger partial charge in [0.1, 0.15) is 30.0 Å². The maximum Gasteiger partial charge on any atom is 0.344 e. The third-order valence-corrected chi connectivity index (χ3v) is 4.14. The van der Waals surface area contributed by atoms with Crippen molar-refractivity contribution in [2.75, 3.05) is 13.2 Å². The molecule has 3 aromatic rings. The summed E-state index contributed by atoms with van der Waals surface area (Å²) in [5.41, 5.74) is 0.000354. The van der Waals surface area contributed by atoms with Crippen molar-refractivity contribution in [3.63, 3.8) is 0 Å². The van der Waals surface area contributed by atoms with Gasteiger partial charge in [-0.3, -0.25) is 4.79 Å². The molecule has 7 heteroatoms. The number of hydrogen-bond acceptors (Lipinski definition) is 6. The van der Waals surface area contributed by atoms with Crippen LogP contribution in [0.15, 0.2) is 75.1 Å². The summed E-state index contributed by atoms with van der Waals surface area (Å²) in [6.45, 7) is 3.32. The lowest BCUT2D eigenvalue weighted by molar-refractivity contribution is -0.144. The second kappa shape index (κ2) is 8.55. The van der Waals surface area contributed by atoms with Gasteiger partial charge in [0.15, 0.2) is 6.61 Å². The Kier molecular flexibility index (Phi) is 5.93. The lowest BCUT2D eigenvalue weighted by atomic mass is 10.2. The predicted octanol–water partition coefficient (Wildman–Crippen LogP) is 4.46. The largest absolute Gasteiger partial charge is 0.482 e. The maximum absolute atomic E-state index is 12.6. The molecule has 0 saturated heterocycles. The average Bonchev–Trinajstić information content (AvgIpc) is 2.68. The number of rotatable bonds is 7. The molecule has 0 bridgehead atoms. The summed E-state index contributed by atoms with van der Waals surface area (Å²) in [7, 11) is 0. The number of benzene rings is 2. The van der Waals surface area contributed by atoms with Crippen LogP contribution in [0, 0.1) is 0 Å². The summed E-state index contributed by atoms with van der Waals surface area (Å²) in [6, 6.07) is 11.8. The van der Waals surface area contributed by atoms with E-state index >= 15 is 0 Å². The van der Waals surface area contributed by atoms with E-state index in [0.717, 1.165) is 4.47 Å². The van der Waals surface area contributed by atoms with Crippen molar-refractivity contribution < 1.29 is 23.4 Å². The number of para-hydroxylation sites is 1. The molecule has 0 fully saturated rings. The van der Waals surface area contributed by atoms with Crippen molar-refractivity contribution in [1.29, 1.82) is 0 Å². The summed E-state index contributed by atoms with van der Waals surface area (Å²) >= 11 is 3.36. The fourth-order valence-electron chi connectivity index (χ4n) is 2.23. The molecule has 0 N–H and O–H groups in total. The molecule has 0 unspecified atom stereocenters. The minimum atomic E-state index is -0.520. The second-order valence-electron chi connectivity index (χ2n) is 5.38. The van der Waals surface area contributed by atoms with E-state index in [1.54, 1.807) is 24.3 Å². The molecule has 0 atom stereocenters. The molecule has 2 aromatic carbocycles. The van der Waals surface area contributed by atoms with Crippen molar-refractivity contribution in [3.8, 4) is 17.2 Å². The molecule has 0 amide bonds. The molecule has 0 spiro atoms. The van der Waals surface area contributed by atoms with Crippen LogP contribution >= 0.6 is 15.9 Å². The van der Waals surface area contributed by atoms with E-state index in [0.29, 0.717) is 22.5 Å². The normalized spacial score (nSPS) is 10.4. The molecule has 6 nitrogen and oxygen atoms in total. The molecule has 1 heterocycles. The van der Waals surface area contributed by atoms with Gasteiger partial charge in [-0.2, -0.15) is 0 Å². The summed E-state index contributed by atoms with van der Waals surface area (Å²) in [4.78, 5) is 24.1. The highest BCUT2D eigenvalue weighted by Gasteiger charge is 2.12. The third-order valence-electron chi connectivity index (χ3n) is 3.49. The number of halogens is 1. The van der Waals surface area contributed by atoms with Crippen LogP contribution in [0.3, 0.4) is 0 Å². The van der Waals surface area contributed by atoms with E-state index in [1.807, 2.05) is 12.1 Å². The summed E-state index contributed by atoms with van der Waals surface area (Å²) in [5, 5.41) is 0.334. The fourth-order valence-corrected chi connectivity index (χ4v) is 2.60. The Morgan fingerprint density at radius 2 is 2.00 bits per heavy atom. The molecule has 138 valence electrons. The molecular formula is C20H15BrO6. The first-order valence-electron chi connectivity index (χ1n) is 7.96. The lowest BCUT2D eigenvalue weighted by Crippen LogP contribution is -2.14. The highest BCUT2D eigenvalue weighted by Crippen LogP contribution is 2.29. The van der Waals surface area contributed by atoms with Crippen molar-refractivity contribution in [3.05, 3.63) is 76.1 Å². The quantitative estimate of drug-likeness (QED) is 0.406. The second-order valence-corrected chi connectivity index (χ2v) is 6.23. The van der Waals surface area contributed by atoms with Crippen LogP contribution in [0.2, 0.25) is 0 Å². The highest BCUT2D eigenvalue weighted by atomic mass is 79.9. The number of carbonyl (C=O) groups is 1. The van der Waals surface area contributed by atoms with Gasteiger partial charge in [0, 0.05) is 6.07 Å². The van der Waals surface area contributed by atoms with Crippen LogP contribution in [0.4, 0.5) is 0 Å². The first-order valence-corrected chi connectivity index (χ1v) is 8.75. The van der Waals surface area contributed by atoms with Gasteiger partial charge in [-0.05, 0) is 40.2 Å². The summed E-state index contributed by atoms with van der Waals surface area (Å²) < 4.78 is 22.0. The van der Waals surface area contributed by atoms with Crippen LogP contribution < -0.4 is 14.9 Å². The van der Waals surface area contributed by atoms with Crippen molar-refractivity contribution in [2.24, 2.45) is 0 Å². The van der Waals surface area contributed by atoms with Crippen molar-refractivity contribution in [1.82, 2.24) is 0 Å². The Hall–Kier alpha value is -3.06. The summed E-state index contributed by atoms with van der Waals surface area (Å²) in [5.74, 6) is 0.424. The smallest absolute Gasteiger partial charge is 0.344 e. The Bertz CT molecular complexity index is 1040. The fraction of sp³-hybridized carbons (Fsp3) is 0.100. The molecule has 27 heavy (non-hydrogen) atoms. The summed E-state index contributed by atoms with van der Waals surface area (Å²) in [6.07, 6.45) is 2.71. The number of fused-ring (bicyclic) bond motifs is 1. The lowest BCUT2D eigenvalue weighted by Gasteiger charge is -2.08. The number of carbonyl (C=O) groups excluding carboxylic acids is 1. The minimum absolute atomic E-state index is 0.0658. The van der Waals surface area contributed by atoms with E-state index < -0.39 is 5.97 Å². The van der Waals surface area contributed by atoms with E-state index in [1.165, 1.54) is 18.4 Å². The zero-order valence-corrected chi connectivity index (χ0v) is 15.7.